The second kappa shape index (κ2) is 8.70. The van der Waals surface area contributed by atoms with Gasteiger partial charge in [0.2, 0.25) is 0 Å². The Labute approximate surface area is 150 Å². The molecule has 2 atom stereocenters. The molecule has 1 saturated heterocycles. The van der Waals surface area contributed by atoms with Gasteiger partial charge in [0.25, 0.3) is 0 Å². The van der Waals surface area contributed by atoms with E-state index in [2.05, 4.69) is 59.7 Å². The molecule has 1 aliphatic rings. The van der Waals surface area contributed by atoms with Crippen molar-refractivity contribution in [2.24, 2.45) is 0 Å². The molecule has 2 aromatic carbocycles. The summed E-state index contributed by atoms with van der Waals surface area (Å²) in [5.74, 6) is 0. The summed E-state index contributed by atoms with van der Waals surface area (Å²) in [5.41, 5.74) is 2.57. The minimum absolute atomic E-state index is 0. The highest BCUT2D eigenvalue weighted by atomic mass is 35.5. The lowest BCUT2D eigenvalue weighted by atomic mass is 9.96. The monoisotopic (exact) mass is 350 g/mol. The van der Waals surface area contributed by atoms with E-state index in [-0.39, 0.29) is 18.4 Å². The number of nitrogens with zero attached hydrogens (tertiary/aromatic N) is 1. The fourth-order valence-electron chi connectivity index (χ4n) is 3.22. The highest BCUT2D eigenvalue weighted by Gasteiger charge is 2.22. The molecule has 1 aliphatic heterocycles. The van der Waals surface area contributed by atoms with Gasteiger partial charge >= 0.3 is 0 Å². The van der Waals surface area contributed by atoms with Gasteiger partial charge in [-0.1, -0.05) is 54.1 Å². The van der Waals surface area contributed by atoms with E-state index in [1.807, 2.05) is 12.1 Å². The average Bonchev–Trinajstić information content (AvgIpc) is 2.55. The Kier molecular flexibility index (Phi) is 6.91. The first-order valence-electron chi connectivity index (χ1n) is 7.97. The van der Waals surface area contributed by atoms with Crippen LogP contribution in [0.1, 0.15) is 30.0 Å². The van der Waals surface area contributed by atoms with E-state index < -0.39 is 0 Å². The minimum Gasteiger partial charge on any atom is -0.305 e. The largest absolute Gasteiger partial charge is 0.305 e. The van der Waals surface area contributed by atoms with E-state index in [4.69, 9.17) is 11.6 Å². The second-order valence-corrected chi connectivity index (χ2v) is 6.60. The summed E-state index contributed by atoms with van der Waals surface area (Å²) in [6, 6.07) is 19.6. The van der Waals surface area contributed by atoms with Crippen LogP contribution in [0, 0.1) is 0 Å². The van der Waals surface area contributed by atoms with Gasteiger partial charge in [-0.3, -0.25) is 0 Å². The molecule has 2 nitrogen and oxygen atoms in total. The summed E-state index contributed by atoms with van der Waals surface area (Å²) < 4.78 is 0. The van der Waals surface area contributed by atoms with E-state index in [0.717, 1.165) is 11.6 Å². The van der Waals surface area contributed by atoms with Crippen LogP contribution in [-0.4, -0.2) is 31.1 Å². The van der Waals surface area contributed by atoms with Gasteiger partial charge in [-0.05, 0) is 49.7 Å². The first kappa shape index (κ1) is 18.3. The number of rotatable bonds is 4. The van der Waals surface area contributed by atoms with Crippen molar-refractivity contribution in [2.45, 2.75) is 24.9 Å². The molecule has 0 spiro atoms. The molecule has 0 bridgehead atoms. The second-order valence-electron chi connectivity index (χ2n) is 6.16. The van der Waals surface area contributed by atoms with Crippen LogP contribution in [0.3, 0.4) is 0 Å². The van der Waals surface area contributed by atoms with Crippen molar-refractivity contribution in [3.05, 3.63) is 70.7 Å². The quantitative estimate of drug-likeness (QED) is 0.870. The number of likely N-dealkylation sites (tertiary alicyclic amines) is 1. The first-order valence-corrected chi connectivity index (χ1v) is 8.35. The zero-order chi connectivity index (χ0) is 15.4. The predicted octanol–water partition coefficient (Wildman–Crippen LogP) is 4.54. The van der Waals surface area contributed by atoms with Crippen molar-refractivity contribution in [3.63, 3.8) is 0 Å². The van der Waals surface area contributed by atoms with Crippen LogP contribution < -0.4 is 5.32 Å². The molecule has 0 radical (unpaired) electrons. The summed E-state index contributed by atoms with van der Waals surface area (Å²) in [6.07, 6.45) is 2.50. The number of likely N-dealkylation sites (N-methyl/N-ethyl adjacent to an activating group) is 1. The topological polar surface area (TPSA) is 15.3 Å². The summed E-state index contributed by atoms with van der Waals surface area (Å²) in [4.78, 5) is 2.41. The van der Waals surface area contributed by atoms with E-state index in [1.54, 1.807) is 0 Å². The molecule has 0 amide bonds. The lowest BCUT2D eigenvalue weighted by Crippen LogP contribution is -2.45. The van der Waals surface area contributed by atoms with Gasteiger partial charge in [0.15, 0.2) is 0 Å². The van der Waals surface area contributed by atoms with Crippen LogP contribution >= 0.6 is 24.0 Å². The zero-order valence-corrected chi connectivity index (χ0v) is 15.0. The third-order valence-corrected chi connectivity index (χ3v) is 4.62. The maximum Gasteiger partial charge on any atom is 0.0579 e. The van der Waals surface area contributed by atoms with Gasteiger partial charge in [0.05, 0.1) is 6.04 Å². The normalized spacial score (nSPS) is 19.8. The summed E-state index contributed by atoms with van der Waals surface area (Å²) in [5, 5.41) is 4.64. The molecule has 4 heteroatoms. The van der Waals surface area contributed by atoms with E-state index >= 15 is 0 Å². The molecule has 0 saturated carbocycles. The van der Waals surface area contributed by atoms with Gasteiger partial charge in [0, 0.05) is 17.6 Å². The molecule has 2 aromatic rings. The Hall–Kier alpha value is -1.06. The van der Waals surface area contributed by atoms with Crippen LogP contribution in [0.5, 0.6) is 0 Å². The molecule has 124 valence electrons. The fraction of sp³-hybridized carbons (Fsp3) is 0.368. The zero-order valence-electron chi connectivity index (χ0n) is 13.4. The predicted molar refractivity (Wildman–Crippen MR) is 101 cm³/mol. The Balaban J connectivity index is 0.00000192. The van der Waals surface area contributed by atoms with E-state index in [1.165, 1.54) is 30.5 Å². The van der Waals surface area contributed by atoms with Crippen molar-refractivity contribution in [2.75, 3.05) is 20.1 Å². The van der Waals surface area contributed by atoms with Gasteiger partial charge in [0.1, 0.15) is 0 Å². The Morgan fingerprint density at radius 2 is 1.70 bits per heavy atom. The third kappa shape index (κ3) is 4.95. The molecule has 3 rings (SSSR count). The van der Waals surface area contributed by atoms with Crippen molar-refractivity contribution < 1.29 is 0 Å². The Morgan fingerprint density at radius 3 is 2.35 bits per heavy atom. The number of nitrogens with one attached hydrogen (secondary N) is 1. The third-order valence-electron chi connectivity index (χ3n) is 4.36. The molecule has 1 fully saturated rings. The summed E-state index contributed by atoms with van der Waals surface area (Å²) in [7, 11) is 2.20. The SMILES string of the molecule is CN1CCCC(NC(c2ccccc2)c2ccc(Cl)cc2)C1.Cl. The minimum atomic E-state index is 0. The van der Waals surface area contributed by atoms with Gasteiger partial charge < -0.3 is 10.2 Å². The Bertz CT molecular complexity index is 586. The Morgan fingerprint density at radius 1 is 1.04 bits per heavy atom. The number of hydrogen-bond donors (Lipinski definition) is 1. The summed E-state index contributed by atoms with van der Waals surface area (Å²) in [6.45, 7) is 2.31. The number of piperidine rings is 1. The standard InChI is InChI=1S/C19H23ClN2.ClH/c1-22-13-5-8-18(14-22)21-19(15-6-3-2-4-7-15)16-9-11-17(20)12-10-16;/h2-4,6-7,9-12,18-19,21H,5,8,13-14H2,1H3;1H. The van der Waals surface area contributed by atoms with Crippen LogP contribution in [0.25, 0.3) is 0 Å². The highest BCUT2D eigenvalue weighted by Crippen LogP contribution is 2.25. The molecule has 23 heavy (non-hydrogen) atoms. The van der Waals surface area contributed by atoms with Crippen molar-refractivity contribution >= 4 is 24.0 Å². The molecule has 1 N–H and O–H groups in total. The average molecular weight is 351 g/mol. The fourth-order valence-corrected chi connectivity index (χ4v) is 3.35. The van der Waals surface area contributed by atoms with Crippen LogP contribution in [0.4, 0.5) is 0 Å². The highest BCUT2D eigenvalue weighted by molar-refractivity contribution is 6.30. The lowest BCUT2D eigenvalue weighted by molar-refractivity contribution is 0.221. The number of benzene rings is 2. The number of hydrogen-bond acceptors (Lipinski definition) is 2. The van der Waals surface area contributed by atoms with Gasteiger partial charge in [-0.25, -0.2) is 0 Å². The maximum absolute atomic E-state index is 6.05. The van der Waals surface area contributed by atoms with Crippen molar-refractivity contribution in [1.29, 1.82) is 0 Å². The number of halogens is 2. The molecular weight excluding hydrogens is 327 g/mol. The molecule has 0 aliphatic carbocycles. The molecule has 0 aromatic heterocycles. The van der Waals surface area contributed by atoms with Crippen molar-refractivity contribution in [3.8, 4) is 0 Å². The molecule has 1 heterocycles. The van der Waals surface area contributed by atoms with Gasteiger partial charge in [-0.2, -0.15) is 0 Å². The molecule has 2 unspecified atom stereocenters. The smallest absolute Gasteiger partial charge is 0.0579 e. The van der Waals surface area contributed by atoms with Crippen molar-refractivity contribution in [1.82, 2.24) is 10.2 Å². The maximum atomic E-state index is 6.05. The summed E-state index contributed by atoms with van der Waals surface area (Å²) >= 11 is 6.05. The van der Waals surface area contributed by atoms with Crippen LogP contribution in [0.2, 0.25) is 5.02 Å². The molecular formula is C19H24Cl2N2. The van der Waals surface area contributed by atoms with Crippen LogP contribution in [-0.2, 0) is 0 Å². The lowest BCUT2D eigenvalue weighted by Gasteiger charge is -2.33. The first-order chi connectivity index (χ1) is 10.7. The van der Waals surface area contributed by atoms with E-state index in [0.29, 0.717) is 6.04 Å². The van der Waals surface area contributed by atoms with Gasteiger partial charge in [-0.15, -0.1) is 12.4 Å². The van der Waals surface area contributed by atoms with E-state index in [9.17, 15) is 0 Å². The van der Waals surface area contributed by atoms with Crippen LogP contribution in [0.15, 0.2) is 54.6 Å².